The van der Waals surface area contributed by atoms with E-state index >= 15 is 0 Å². The van der Waals surface area contributed by atoms with Crippen molar-refractivity contribution in [2.45, 2.75) is 13.8 Å². The number of rotatable bonds is 4. The Morgan fingerprint density at radius 2 is 1.94 bits per heavy atom. The van der Waals surface area contributed by atoms with E-state index in [1.165, 1.54) is 6.07 Å². The minimum atomic E-state index is -0.868. The Kier molecular flexibility index (Phi) is 4.45. The van der Waals surface area contributed by atoms with Gasteiger partial charge in [0, 0.05) is 25.3 Å². The third-order valence-corrected chi connectivity index (χ3v) is 2.79. The molecule has 1 aromatic rings. The maximum Gasteiger partial charge on any atom is 0.160 e. The molecular formula is C13H16F2N2. The van der Waals surface area contributed by atoms with E-state index in [2.05, 4.69) is 6.07 Å². The molecule has 1 atom stereocenters. The Morgan fingerprint density at radius 3 is 2.41 bits per heavy atom. The van der Waals surface area contributed by atoms with Crippen LogP contribution in [0.3, 0.4) is 0 Å². The number of anilines is 1. The van der Waals surface area contributed by atoms with Crippen molar-refractivity contribution in [1.82, 2.24) is 0 Å². The molecule has 1 unspecified atom stereocenters. The fourth-order valence-electron chi connectivity index (χ4n) is 1.52. The molecule has 0 saturated heterocycles. The molecule has 0 aliphatic carbocycles. The van der Waals surface area contributed by atoms with Crippen molar-refractivity contribution in [3.8, 4) is 6.07 Å². The maximum absolute atomic E-state index is 13.1. The summed E-state index contributed by atoms with van der Waals surface area (Å²) in [7, 11) is 1.76. The molecule has 0 saturated carbocycles. The first-order valence-corrected chi connectivity index (χ1v) is 5.51. The Balaban J connectivity index is 2.79. The molecule has 92 valence electrons. The SMILES string of the molecule is CC(C)C(C#N)CN(C)c1ccc(F)c(F)c1. The fraction of sp³-hybridized carbons (Fsp3) is 0.462. The van der Waals surface area contributed by atoms with E-state index in [1.807, 2.05) is 13.8 Å². The first-order valence-electron chi connectivity index (χ1n) is 5.51. The molecule has 0 bridgehead atoms. The number of hydrogen-bond donors (Lipinski definition) is 0. The lowest BCUT2D eigenvalue weighted by molar-refractivity contribution is 0.476. The second-order valence-corrected chi connectivity index (χ2v) is 4.46. The molecule has 0 radical (unpaired) electrons. The van der Waals surface area contributed by atoms with Crippen molar-refractivity contribution in [2.75, 3.05) is 18.5 Å². The van der Waals surface area contributed by atoms with Crippen LogP contribution in [0.2, 0.25) is 0 Å². The molecular weight excluding hydrogens is 222 g/mol. The molecule has 0 heterocycles. The Hall–Kier alpha value is -1.63. The molecule has 2 nitrogen and oxygen atoms in total. The molecule has 0 amide bonds. The van der Waals surface area contributed by atoms with Crippen molar-refractivity contribution in [3.63, 3.8) is 0 Å². The van der Waals surface area contributed by atoms with Gasteiger partial charge in [-0.05, 0) is 18.1 Å². The monoisotopic (exact) mass is 238 g/mol. The number of benzene rings is 1. The quantitative estimate of drug-likeness (QED) is 0.805. The zero-order valence-electron chi connectivity index (χ0n) is 10.2. The van der Waals surface area contributed by atoms with Gasteiger partial charge in [0.1, 0.15) is 0 Å². The second kappa shape index (κ2) is 5.62. The molecule has 0 aliphatic heterocycles. The summed E-state index contributed by atoms with van der Waals surface area (Å²) in [4.78, 5) is 1.76. The van der Waals surface area contributed by atoms with Crippen LogP contribution >= 0.6 is 0 Å². The van der Waals surface area contributed by atoms with Crippen molar-refractivity contribution in [3.05, 3.63) is 29.8 Å². The Morgan fingerprint density at radius 1 is 1.29 bits per heavy atom. The van der Waals surface area contributed by atoms with Crippen LogP contribution in [-0.4, -0.2) is 13.6 Å². The third-order valence-electron chi connectivity index (χ3n) is 2.79. The lowest BCUT2D eigenvalue weighted by atomic mass is 9.97. The van der Waals surface area contributed by atoms with E-state index in [4.69, 9.17) is 5.26 Å². The highest BCUT2D eigenvalue weighted by atomic mass is 19.2. The van der Waals surface area contributed by atoms with Gasteiger partial charge >= 0.3 is 0 Å². The average molecular weight is 238 g/mol. The van der Waals surface area contributed by atoms with Crippen LogP contribution in [0.1, 0.15) is 13.8 Å². The summed E-state index contributed by atoms with van der Waals surface area (Å²) in [6.45, 7) is 4.43. The fourth-order valence-corrected chi connectivity index (χ4v) is 1.52. The molecule has 0 N–H and O–H groups in total. The van der Waals surface area contributed by atoms with Crippen LogP contribution < -0.4 is 4.90 Å². The van der Waals surface area contributed by atoms with Gasteiger partial charge in [-0.1, -0.05) is 13.8 Å². The number of nitrogens with zero attached hydrogens (tertiary/aromatic N) is 2. The summed E-state index contributed by atoms with van der Waals surface area (Å²) in [5.74, 6) is -1.63. The molecule has 1 rings (SSSR count). The van der Waals surface area contributed by atoms with Crippen molar-refractivity contribution in [1.29, 1.82) is 5.26 Å². The van der Waals surface area contributed by atoms with Crippen molar-refractivity contribution in [2.24, 2.45) is 11.8 Å². The number of nitriles is 1. The van der Waals surface area contributed by atoms with E-state index in [0.717, 1.165) is 12.1 Å². The first-order chi connectivity index (χ1) is 7.95. The Labute approximate surface area is 100 Å². The van der Waals surface area contributed by atoms with Gasteiger partial charge in [-0.3, -0.25) is 0 Å². The van der Waals surface area contributed by atoms with Gasteiger partial charge < -0.3 is 4.90 Å². The van der Waals surface area contributed by atoms with Crippen LogP contribution in [0.5, 0.6) is 0 Å². The zero-order chi connectivity index (χ0) is 13.0. The predicted octanol–water partition coefficient (Wildman–Crippen LogP) is 3.20. The van der Waals surface area contributed by atoms with Gasteiger partial charge in [-0.2, -0.15) is 5.26 Å². The molecule has 0 aliphatic rings. The van der Waals surface area contributed by atoms with Gasteiger partial charge in [-0.15, -0.1) is 0 Å². The topological polar surface area (TPSA) is 27.0 Å². The molecule has 4 heteroatoms. The number of hydrogen-bond acceptors (Lipinski definition) is 2. The van der Waals surface area contributed by atoms with Crippen LogP contribution in [-0.2, 0) is 0 Å². The molecule has 17 heavy (non-hydrogen) atoms. The zero-order valence-corrected chi connectivity index (χ0v) is 10.2. The number of halogens is 2. The van der Waals surface area contributed by atoms with Gasteiger partial charge in [0.05, 0.1) is 12.0 Å². The smallest absolute Gasteiger partial charge is 0.160 e. The van der Waals surface area contributed by atoms with E-state index in [9.17, 15) is 8.78 Å². The predicted molar refractivity (Wildman–Crippen MR) is 63.6 cm³/mol. The molecule has 1 aromatic carbocycles. The Bertz CT molecular complexity index is 424. The van der Waals surface area contributed by atoms with Gasteiger partial charge in [0.15, 0.2) is 11.6 Å². The van der Waals surface area contributed by atoms with Crippen LogP contribution in [0.15, 0.2) is 18.2 Å². The van der Waals surface area contributed by atoms with Gasteiger partial charge in [0.25, 0.3) is 0 Å². The normalized spacial score (nSPS) is 12.3. The highest BCUT2D eigenvalue weighted by Crippen LogP contribution is 2.19. The van der Waals surface area contributed by atoms with E-state index in [-0.39, 0.29) is 11.8 Å². The third kappa shape index (κ3) is 3.42. The summed E-state index contributed by atoms with van der Waals surface area (Å²) >= 11 is 0. The van der Waals surface area contributed by atoms with Crippen LogP contribution in [0.25, 0.3) is 0 Å². The standard InChI is InChI=1S/C13H16F2N2/c1-9(2)10(7-16)8-17(3)11-4-5-12(14)13(15)6-11/h4-6,9-10H,8H2,1-3H3. The summed E-state index contributed by atoms with van der Waals surface area (Å²) in [6, 6.07) is 5.96. The summed E-state index contributed by atoms with van der Waals surface area (Å²) in [5.41, 5.74) is 0.574. The lowest BCUT2D eigenvalue weighted by Gasteiger charge is -2.24. The molecule has 0 aromatic heterocycles. The highest BCUT2D eigenvalue weighted by Gasteiger charge is 2.16. The minimum Gasteiger partial charge on any atom is -0.373 e. The van der Waals surface area contributed by atoms with Gasteiger partial charge in [-0.25, -0.2) is 8.78 Å². The minimum absolute atomic E-state index is 0.131. The van der Waals surface area contributed by atoms with E-state index in [1.54, 1.807) is 11.9 Å². The van der Waals surface area contributed by atoms with Crippen LogP contribution in [0.4, 0.5) is 14.5 Å². The molecule has 0 spiro atoms. The van der Waals surface area contributed by atoms with Crippen LogP contribution in [0, 0.1) is 34.8 Å². The van der Waals surface area contributed by atoms with E-state index < -0.39 is 11.6 Å². The van der Waals surface area contributed by atoms with Crippen molar-refractivity contribution >= 4 is 5.69 Å². The van der Waals surface area contributed by atoms with E-state index in [0.29, 0.717) is 12.2 Å². The highest BCUT2D eigenvalue weighted by molar-refractivity contribution is 5.46. The first kappa shape index (κ1) is 13.4. The summed E-state index contributed by atoms with van der Waals surface area (Å²) < 4.78 is 25.8. The average Bonchev–Trinajstić information content (AvgIpc) is 2.28. The summed E-state index contributed by atoms with van der Waals surface area (Å²) in [6.07, 6.45) is 0. The molecule has 0 fully saturated rings. The van der Waals surface area contributed by atoms with Gasteiger partial charge in [0.2, 0.25) is 0 Å². The lowest BCUT2D eigenvalue weighted by Crippen LogP contribution is -2.27. The largest absolute Gasteiger partial charge is 0.373 e. The second-order valence-electron chi connectivity index (χ2n) is 4.46. The summed E-state index contributed by atoms with van der Waals surface area (Å²) in [5, 5.41) is 8.98. The maximum atomic E-state index is 13.1. The van der Waals surface area contributed by atoms with Crippen molar-refractivity contribution < 1.29 is 8.78 Å².